The molecule has 1 aliphatic rings. The number of carbonyl (C=O) groups excluding carboxylic acids is 1. The van der Waals surface area contributed by atoms with Gasteiger partial charge in [0.15, 0.2) is 0 Å². The van der Waals surface area contributed by atoms with Crippen LogP contribution in [0.25, 0.3) is 0 Å². The summed E-state index contributed by atoms with van der Waals surface area (Å²) in [5.74, 6) is -0.152. The van der Waals surface area contributed by atoms with Crippen LogP contribution in [0.1, 0.15) is 28.8 Å². The molecule has 0 aliphatic heterocycles. The lowest BCUT2D eigenvalue weighted by molar-refractivity contribution is 0.0931. The Hall–Kier alpha value is -1.22. The van der Waals surface area contributed by atoms with Crippen molar-refractivity contribution in [1.82, 2.24) is 5.32 Å². The van der Waals surface area contributed by atoms with E-state index in [1.807, 2.05) is 6.07 Å². The summed E-state index contributed by atoms with van der Waals surface area (Å²) in [5, 5.41) is 4.76. The molecule has 2 nitrogen and oxygen atoms in total. The molecule has 1 amide bonds. The summed E-state index contributed by atoms with van der Waals surface area (Å²) in [6.07, 6.45) is 1.72. The van der Waals surface area contributed by atoms with Gasteiger partial charge in [-0.15, -0.1) is 0 Å². The first-order valence-corrected chi connectivity index (χ1v) is 7.67. The van der Waals surface area contributed by atoms with Gasteiger partial charge < -0.3 is 5.32 Å². The maximum Gasteiger partial charge on any atom is 0.252 e. The van der Waals surface area contributed by atoms with Crippen LogP contribution in [0.4, 0.5) is 0 Å². The van der Waals surface area contributed by atoms with Gasteiger partial charge in [-0.3, -0.25) is 4.79 Å². The van der Waals surface area contributed by atoms with Crippen molar-refractivity contribution in [2.24, 2.45) is 0 Å². The topological polar surface area (TPSA) is 29.1 Å². The average Bonchev–Trinajstić information content (AvgIpc) is 3.19. The summed E-state index contributed by atoms with van der Waals surface area (Å²) < 4.78 is 0. The van der Waals surface area contributed by atoms with Crippen molar-refractivity contribution in [2.75, 3.05) is 0 Å². The van der Waals surface area contributed by atoms with Crippen LogP contribution < -0.4 is 5.32 Å². The lowest BCUT2D eigenvalue weighted by atomic mass is 10.0. The Balaban J connectivity index is 1.85. The summed E-state index contributed by atoms with van der Waals surface area (Å²) in [5.41, 5.74) is 1.06. The van der Waals surface area contributed by atoms with Crippen molar-refractivity contribution >= 4 is 40.7 Å². The Morgan fingerprint density at radius 3 is 2.33 bits per heavy atom. The Labute approximate surface area is 138 Å². The molecule has 1 fully saturated rings. The minimum Gasteiger partial charge on any atom is -0.342 e. The van der Waals surface area contributed by atoms with E-state index in [0.717, 1.165) is 18.4 Å². The highest BCUT2D eigenvalue weighted by molar-refractivity contribution is 6.35. The minimum atomic E-state index is -0.388. The summed E-state index contributed by atoms with van der Waals surface area (Å²) in [6.45, 7) is 0. The van der Waals surface area contributed by atoms with Gasteiger partial charge >= 0.3 is 0 Å². The lowest BCUT2D eigenvalue weighted by Gasteiger charge is -2.19. The molecule has 0 bridgehead atoms. The second-order valence-corrected chi connectivity index (χ2v) is 6.45. The fourth-order valence-corrected chi connectivity index (χ4v) is 3.16. The Morgan fingerprint density at radius 2 is 1.71 bits per heavy atom. The number of halogens is 3. The normalized spacial score (nSPS) is 15.6. The van der Waals surface area contributed by atoms with Gasteiger partial charge in [-0.05, 0) is 48.7 Å². The van der Waals surface area contributed by atoms with Crippen LogP contribution in [0.2, 0.25) is 15.1 Å². The van der Waals surface area contributed by atoms with E-state index in [1.165, 1.54) is 0 Å². The number of nitrogens with one attached hydrogen (secondary N) is 1. The van der Waals surface area contributed by atoms with Crippen molar-refractivity contribution in [3.8, 4) is 0 Å². The zero-order valence-corrected chi connectivity index (χ0v) is 13.3. The fourth-order valence-electron chi connectivity index (χ4n) is 2.38. The standard InChI is InChI=1S/C16H12Cl3NO/c17-11-3-1-2-10(8-11)15(21)20-16(6-7-16)13-5-4-12(18)9-14(13)19/h1-5,8-9H,6-7H2,(H,20,21). The minimum absolute atomic E-state index is 0.152. The first kappa shape index (κ1) is 14.7. The zero-order valence-electron chi connectivity index (χ0n) is 11.0. The second kappa shape index (κ2) is 5.53. The molecule has 0 saturated heterocycles. The largest absolute Gasteiger partial charge is 0.342 e. The third-order valence-electron chi connectivity index (χ3n) is 3.64. The number of amides is 1. The monoisotopic (exact) mass is 339 g/mol. The molecule has 1 saturated carbocycles. The van der Waals surface area contributed by atoms with Crippen LogP contribution in [0.5, 0.6) is 0 Å². The first-order chi connectivity index (χ1) is 10.00. The van der Waals surface area contributed by atoms with Crippen molar-refractivity contribution in [3.63, 3.8) is 0 Å². The summed E-state index contributed by atoms with van der Waals surface area (Å²) >= 11 is 18.1. The van der Waals surface area contributed by atoms with Crippen molar-refractivity contribution in [2.45, 2.75) is 18.4 Å². The van der Waals surface area contributed by atoms with Gasteiger partial charge in [0.25, 0.3) is 5.91 Å². The molecule has 21 heavy (non-hydrogen) atoms. The summed E-state index contributed by atoms with van der Waals surface area (Å²) in [7, 11) is 0. The Kier molecular flexibility index (Phi) is 3.87. The molecule has 1 N–H and O–H groups in total. The highest BCUT2D eigenvalue weighted by Crippen LogP contribution is 2.48. The van der Waals surface area contributed by atoms with Crippen LogP contribution in [0.3, 0.4) is 0 Å². The van der Waals surface area contributed by atoms with Crippen LogP contribution in [-0.4, -0.2) is 5.91 Å². The smallest absolute Gasteiger partial charge is 0.252 e. The highest BCUT2D eigenvalue weighted by Gasteiger charge is 2.47. The van der Waals surface area contributed by atoms with Gasteiger partial charge in [0, 0.05) is 20.6 Å². The van der Waals surface area contributed by atoms with Crippen molar-refractivity contribution in [1.29, 1.82) is 0 Å². The van der Waals surface area contributed by atoms with E-state index in [0.29, 0.717) is 20.6 Å². The Bertz CT molecular complexity index is 710. The molecule has 2 aromatic carbocycles. The SMILES string of the molecule is O=C(NC1(c2ccc(Cl)cc2Cl)CC1)c1cccc(Cl)c1. The number of hydrogen-bond acceptors (Lipinski definition) is 1. The number of rotatable bonds is 3. The molecule has 108 valence electrons. The molecule has 0 heterocycles. The van der Waals surface area contributed by atoms with Crippen molar-refractivity contribution < 1.29 is 4.79 Å². The average molecular weight is 341 g/mol. The molecule has 0 radical (unpaired) electrons. The first-order valence-electron chi connectivity index (χ1n) is 6.54. The van der Waals surface area contributed by atoms with E-state index in [-0.39, 0.29) is 11.4 Å². The zero-order chi connectivity index (χ0) is 15.0. The van der Waals surface area contributed by atoms with E-state index >= 15 is 0 Å². The fraction of sp³-hybridized carbons (Fsp3) is 0.188. The van der Waals surface area contributed by atoms with Crippen LogP contribution in [0.15, 0.2) is 42.5 Å². The third-order valence-corrected chi connectivity index (χ3v) is 4.42. The van der Waals surface area contributed by atoms with Gasteiger partial charge in [-0.25, -0.2) is 0 Å². The van der Waals surface area contributed by atoms with E-state index < -0.39 is 0 Å². The molecule has 3 rings (SSSR count). The van der Waals surface area contributed by atoms with Gasteiger partial charge in [-0.1, -0.05) is 46.9 Å². The maximum absolute atomic E-state index is 12.4. The van der Waals surface area contributed by atoms with E-state index in [4.69, 9.17) is 34.8 Å². The van der Waals surface area contributed by atoms with Crippen LogP contribution in [-0.2, 0) is 5.54 Å². The molecule has 5 heteroatoms. The lowest BCUT2D eigenvalue weighted by Crippen LogP contribution is -2.35. The highest BCUT2D eigenvalue weighted by atomic mass is 35.5. The molecular formula is C16H12Cl3NO. The van der Waals surface area contributed by atoms with Gasteiger partial charge in [0.2, 0.25) is 0 Å². The predicted molar refractivity (Wildman–Crippen MR) is 86.3 cm³/mol. The molecule has 0 unspecified atom stereocenters. The van der Waals surface area contributed by atoms with E-state index in [9.17, 15) is 4.79 Å². The summed E-state index contributed by atoms with van der Waals surface area (Å²) in [6, 6.07) is 12.2. The molecule has 0 atom stereocenters. The van der Waals surface area contributed by atoms with Gasteiger partial charge in [0.05, 0.1) is 5.54 Å². The van der Waals surface area contributed by atoms with E-state index in [2.05, 4.69) is 5.32 Å². The molecule has 0 spiro atoms. The van der Waals surface area contributed by atoms with Crippen LogP contribution >= 0.6 is 34.8 Å². The molecule has 1 aliphatic carbocycles. The van der Waals surface area contributed by atoms with Gasteiger partial charge in [-0.2, -0.15) is 0 Å². The van der Waals surface area contributed by atoms with Crippen LogP contribution in [0, 0.1) is 0 Å². The third kappa shape index (κ3) is 3.03. The molecule has 2 aromatic rings. The predicted octanol–water partition coefficient (Wildman–Crippen LogP) is 5.07. The number of benzene rings is 2. The number of hydrogen-bond donors (Lipinski definition) is 1. The summed E-state index contributed by atoms with van der Waals surface area (Å²) in [4.78, 5) is 12.4. The van der Waals surface area contributed by atoms with Crippen molar-refractivity contribution in [3.05, 3.63) is 68.7 Å². The maximum atomic E-state index is 12.4. The van der Waals surface area contributed by atoms with Gasteiger partial charge in [0.1, 0.15) is 0 Å². The quantitative estimate of drug-likeness (QED) is 0.830. The molecule has 0 aromatic heterocycles. The second-order valence-electron chi connectivity index (χ2n) is 5.17. The number of carbonyl (C=O) groups is 1. The molecular weight excluding hydrogens is 329 g/mol. The van der Waals surface area contributed by atoms with E-state index in [1.54, 1.807) is 36.4 Å². The Morgan fingerprint density at radius 1 is 1.00 bits per heavy atom.